The molecular weight excluding hydrogens is 450 g/mol. The van der Waals surface area contributed by atoms with Crippen molar-refractivity contribution in [2.45, 2.75) is 25.7 Å². The van der Waals surface area contributed by atoms with Crippen molar-refractivity contribution >= 4 is 33.2 Å². The highest BCUT2D eigenvalue weighted by Gasteiger charge is 2.29. The average molecular weight is 480 g/mol. The van der Waals surface area contributed by atoms with Gasteiger partial charge in [-0.25, -0.2) is 13.2 Å². The highest BCUT2D eigenvalue weighted by Crippen LogP contribution is 2.32. The van der Waals surface area contributed by atoms with E-state index in [0.29, 0.717) is 37.7 Å². The number of nitro benzene ring substituents is 1. The molecule has 3 rings (SSSR count). The van der Waals surface area contributed by atoms with Gasteiger partial charge < -0.3 is 9.80 Å². The molecule has 0 saturated carbocycles. The molecule has 0 spiro atoms. The van der Waals surface area contributed by atoms with Crippen LogP contribution in [0.15, 0.2) is 29.2 Å². The van der Waals surface area contributed by atoms with Gasteiger partial charge in [-0.05, 0) is 19.1 Å². The van der Waals surface area contributed by atoms with E-state index in [4.69, 9.17) is 0 Å². The van der Waals surface area contributed by atoms with Gasteiger partial charge in [0.25, 0.3) is 5.69 Å². The summed E-state index contributed by atoms with van der Waals surface area (Å²) in [7, 11) is -2.07. The van der Waals surface area contributed by atoms with Crippen molar-refractivity contribution in [3.05, 3.63) is 40.1 Å². The number of aryl methyl sites for hydroxylation is 2. The Morgan fingerprint density at radius 1 is 1.18 bits per heavy atom. The standard InChI is InChI=1S/C20H29N7O5S/c1-5-26(6-2)33(31,32)16-7-8-17(18(14-16)27(29)30)24-9-11-25(12-10-24)20(28)21-19-13-15(3)22-23(19)4/h7-8,13-14H,5-6,9-12H2,1-4H3,(H,21,28). The van der Waals surface area contributed by atoms with Gasteiger partial charge in [-0.1, -0.05) is 13.8 Å². The SMILES string of the molecule is CCN(CC)S(=O)(=O)c1ccc(N2CCN(C(=O)Nc3cc(C)nn3C)CC2)c([N+](=O)[O-])c1. The first-order valence-electron chi connectivity index (χ1n) is 10.7. The molecule has 0 atom stereocenters. The predicted octanol–water partition coefficient (Wildman–Crippen LogP) is 2.02. The van der Waals surface area contributed by atoms with Gasteiger partial charge in [0.2, 0.25) is 10.0 Å². The lowest BCUT2D eigenvalue weighted by atomic mass is 10.2. The Balaban J connectivity index is 1.75. The number of rotatable bonds is 7. The normalized spacial score (nSPS) is 14.6. The summed E-state index contributed by atoms with van der Waals surface area (Å²) < 4.78 is 28.4. The lowest BCUT2D eigenvalue weighted by Crippen LogP contribution is -2.50. The number of nitrogens with zero attached hydrogens (tertiary/aromatic N) is 6. The van der Waals surface area contributed by atoms with E-state index in [1.54, 1.807) is 41.4 Å². The number of hydrogen-bond acceptors (Lipinski definition) is 7. The molecule has 2 heterocycles. The van der Waals surface area contributed by atoms with Crippen molar-refractivity contribution in [2.24, 2.45) is 7.05 Å². The molecule has 1 aromatic carbocycles. The van der Waals surface area contributed by atoms with E-state index >= 15 is 0 Å². The second kappa shape index (κ2) is 9.75. The molecule has 1 aliphatic heterocycles. The van der Waals surface area contributed by atoms with Crippen LogP contribution >= 0.6 is 0 Å². The molecule has 1 N–H and O–H groups in total. The van der Waals surface area contributed by atoms with Gasteiger partial charge >= 0.3 is 6.03 Å². The summed E-state index contributed by atoms with van der Waals surface area (Å²) in [6.07, 6.45) is 0. The molecule has 1 fully saturated rings. The third-order valence-electron chi connectivity index (χ3n) is 5.63. The predicted molar refractivity (Wildman–Crippen MR) is 124 cm³/mol. The van der Waals surface area contributed by atoms with E-state index in [0.717, 1.165) is 11.8 Å². The van der Waals surface area contributed by atoms with Crippen molar-refractivity contribution in [1.29, 1.82) is 0 Å². The number of benzene rings is 1. The third-order valence-corrected chi connectivity index (χ3v) is 7.68. The Morgan fingerprint density at radius 3 is 2.33 bits per heavy atom. The Bertz CT molecular complexity index is 1140. The quantitative estimate of drug-likeness (QED) is 0.474. The fourth-order valence-electron chi connectivity index (χ4n) is 3.86. The van der Waals surface area contributed by atoms with E-state index < -0.39 is 14.9 Å². The zero-order valence-corrected chi connectivity index (χ0v) is 20.0. The minimum atomic E-state index is -3.81. The lowest BCUT2D eigenvalue weighted by molar-refractivity contribution is -0.384. The molecule has 12 nitrogen and oxygen atoms in total. The van der Waals surface area contributed by atoms with Crippen molar-refractivity contribution < 1.29 is 18.1 Å². The first-order chi connectivity index (χ1) is 15.6. The molecule has 1 saturated heterocycles. The maximum absolute atomic E-state index is 12.8. The molecule has 180 valence electrons. The minimum Gasteiger partial charge on any atom is -0.362 e. The number of hydrogen-bond donors (Lipinski definition) is 1. The van der Waals surface area contributed by atoms with Crippen molar-refractivity contribution in [3.8, 4) is 0 Å². The summed E-state index contributed by atoms with van der Waals surface area (Å²) in [5.41, 5.74) is 0.851. The molecule has 0 aliphatic carbocycles. The smallest absolute Gasteiger partial charge is 0.323 e. The number of nitro groups is 1. The van der Waals surface area contributed by atoms with Crippen LogP contribution in [-0.4, -0.2) is 77.6 Å². The number of sulfonamides is 1. The largest absolute Gasteiger partial charge is 0.362 e. The fourth-order valence-corrected chi connectivity index (χ4v) is 5.34. The van der Waals surface area contributed by atoms with Gasteiger partial charge in [-0.3, -0.25) is 20.1 Å². The number of carbonyl (C=O) groups excluding carboxylic acids is 1. The molecule has 0 unspecified atom stereocenters. The van der Waals surface area contributed by atoms with Gasteiger partial charge in [-0.15, -0.1) is 0 Å². The molecular formula is C20H29N7O5S. The van der Waals surface area contributed by atoms with E-state index in [9.17, 15) is 23.3 Å². The first-order valence-corrected chi connectivity index (χ1v) is 12.1. The maximum Gasteiger partial charge on any atom is 0.323 e. The second-order valence-electron chi connectivity index (χ2n) is 7.70. The van der Waals surface area contributed by atoms with Gasteiger partial charge in [0.05, 0.1) is 15.5 Å². The Morgan fingerprint density at radius 2 is 1.82 bits per heavy atom. The van der Waals surface area contributed by atoms with Crippen LogP contribution in [0.4, 0.5) is 22.0 Å². The monoisotopic (exact) mass is 479 g/mol. The highest BCUT2D eigenvalue weighted by atomic mass is 32.2. The van der Waals surface area contributed by atoms with Crippen LogP contribution in [0.3, 0.4) is 0 Å². The summed E-state index contributed by atoms with van der Waals surface area (Å²) in [5, 5.41) is 18.8. The molecule has 1 aromatic heterocycles. The number of anilines is 2. The van der Waals surface area contributed by atoms with E-state index in [2.05, 4.69) is 10.4 Å². The summed E-state index contributed by atoms with van der Waals surface area (Å²) in [4.78, 5) is 27.1. The van der Waals surface area contributed by atoms with Gasteiger partial charge in [0, 0.05) is 58.4 Å². The third kappa shape index (κ3) is 5.09. The van der Waals surface area contributed by atoms with Gasteiger partial charge in [0.1, 0.15) is 11.5 Å². The summed E-state index contributed by atoms with van der Waals surface area (Å²) in [5.74, 6) is 0.584. The number of carbonyl (C=O) groups is 1. The number of piperazine rings is 1. The van der Waals surface area contributed by atoms with Crippen molar-refractivity contribution in [3.63, 3.8) is 0 Å². The van der Waals surface area contributed by atoms with E-state index in [-0.39, 0.29) is 29.7 Å². The van der Waals surface area contributed by atoms with Gasteiger partial charge in [0.15, 0.2) is 0 Å². The fraction of sp³-hybridized carbons (Fsp3) is 0.500. The van der Waals surface area contributed by atoms with Crippen molar-refractivity contribution in [2.75, 3.05) is 49.5 Å². The van der Waals surface area contributed by atoms with Crippen LogP contribution in [-0.2, 0) is 17.1 Å². The van der Waals surface area contributed by atoms with E-state index in [1.165, 1.54) is 16.4 Å². The maximum atomic E-state index is 12.8. The number of nitrogens with one attached hydrogen (secondary N) is 1. The molecule has 33 heavy (non-hydrogen) atoms. The Labute approximate surface area is 193 Å². The molecule has 2 aromatic rings. The summed E-state index contributed by atoms with van der Waals surface area (Å²) in [6, 6.07) is 5.49. The molecule has 13 heteroatoms. The topological polar surface area (TPSA) is 134 Å². The van der Waals surface area contributed by atoms with Crippen LogP contribution in [0.25, 0.3) is 0 Å². The minimum absolute atomic E-state index is 0.105. The summed E-state index contributed by atoms with van der Waals surface area (Å²) >= 11 is 0. The molecule has 0 radical (unpaired) electrons. The second-order valence-corrected chi connectivity index (χ2v) is 9.63. The van der Waals surface area contributed by atoms with Crippen molar-refractivity contribution in [1.82, 2.24) is 19.0 Å². The highest BCUT2D eigenvalue weighted by molar-refractivity contribution is 7.89. The average Bonchev–Trinajstić information content (AvgIpc) is 3.10. The number of urea groups is 1. The number of aromatic nitrogens is 2. The van der Waals surface area contributed by atoms with Crippen LogP contribution in [0.5, 0.6) is 0 Å². The van der Waals surface area contributed by atoms with Crippen LogP contribution in [0.1, 0.15) is 19.5 Å². The number of amides is 2. The van der Waals surface area contributed by atoms with Crippen LogP contribution in [0.2, 0.25) is 0 Å². The zero-order chi connectivity index (χ0) is 24.3. The zero-order valence-electron chi connectivity index (χ0n) is 19.2. The molecule has 2 amide bonds. The first kappa shape index (κ1) is 24.5. The Kier molecular flexibility index (Phi) is 7.22. The molecule has 0 bridgehead atoms. The van der Waals surface area contributed by atoms with E-state index in [1.807, 2.05) is 6.92 Å². The molecule has 1 aliphatic rings. The van der Waals surface area contributed by atoms with Crippen LogP contribution in [0, 0.1) is 17.0 Å². The van der Waals surface area contributed by atoms with Gasteiger partial charge in [-0.2, -0.15) is 9.40 Å². The van der Waals surface area contributed by atoms with Crippen LogP contribution < -0.4 is 10.2 Å². The Hall–Kier alpha value is -3.19. The lowest BCUT2D eigenvalue weighted by Gasteiger charge is -2.35. The summed E-state index contributed by atoms with van der Waals surface area (Å²) in [6.45, 7) is 7.29.